The van der Waals surface area contributed by atoms with Gasteiger partial charge in [0, 0.05) is 30.9 Å². The second-order valence-electron chi connectivity index (χ2n) is 4.12. The minimum atomic E-state index is 0.0464. The van der Waals surface area contributed by atoms with E-state index in [4.69, 9.17) is 4.74 Å². The van der Waals surface area contributed by atoms with E-state index in [1.165, 1.54) is 0 Å². The monoisotopic (exact) mass is 218 g/mol. The highest BCUT2D eigenvalue weighted by molar-refractivity contribution is 5.99. The second kappa shape index (κ2) is 3.79. The second-order valence-corrected chi connectivity index (χ2v) is 4.12. The van der Waals surface area contributed by atoms with Crippen LogP contribution in [0.25, 0.3) is 0 Å². The third-order valence-corrected chi connectivity index (χ3v) is 3.15. The van der Waals surface area contributed by atoms with E-state index in [0.717, 1.165) is 43.1 Å². The van der Waals surface area contributed by atoms with E-state index < -0.39 is 0 Å². The van der Waals surface area contributed by atoms with Crippen molar-refractivity contribution in [3.05, 3.63) is 29.3 Å². The van der Waals surface area contributed by atoms with E-state index in [2.05, 4.69) is 16.3 Å². The van der Waals surface area contributed by atoms with Gasteiger partial charge in [0.15, 0.2) is 0 Å². The number of fused-ring (bicyclic) bond motifs is 1. The molecule has 0 radical (unpaired) electrons. The number of carbonyl (C=O) groups excluding carboxylic acids is 1. The Bertz CT molecular complexity index is 425. The zero-order valence-electron chi connectivity index (χ0n) is 9.03. The highest BCUT2D eigenvalue weighted by Gasteiger charge is 2.20. The van der Waals surface area contributed by atoms with Crippen molar-refractivity contribution in [1.29, 1.82) is 0 Å². The van der Waals surface area contributed by atoms with E-state index in [9.17, 15) is 4.79 Å². The van der Waals surface area contributed by atoms with Crippen LogP contribution in [-0.2, 0) is 11.3 Å². The van der Waals surface area contributed by atoms with Crippen LogP contribution in [0.1, 0.15) is 15.9 Å². The standard InChI is InChI=1S/C12H14N2O2/c15-12-11-7-10(2-1-9(11)8-13-12)14-3-5-16-6-4-14/h1-2,7H,3-6,8H2,(H,13,15). The molecule has 3 rings (SSSR count). The Kier molecular flexibility index (Phi) is 2.29. The van der Waals surface area contributed by atoms with Gasteiger partial charge < -0.3 is 15.0 Å². The van der Waals surface area contributed by atoms with Crippen molar-refractivity contribution in [1.82, 2.24) is 5.32 Å². The largest absolute Gasteiger partial charge is 0.378 e. The molecule has 4 nitrogen and oxygen atoms in total. The summed E-state index contributed by atoms with van der Waals surface area (Å²) in [5, 5.41) is 2.83. The molecule has 0 spiro atoms. The summed E-state index contributed by atoms with van der Waals surface area (Å²) in [6, 6.07) is 6.12. The molecule has 0 aliphatic carbocycles. The van der Waals surface area contributed by atoms with Crippen LogP contribution in [0.2, 0.25) is 0 Å². The molecule has 0 bridgehead atoms. The first kappa shape index (κ1) is 9.66. The van der Waals surface area contributed by atoms with Gasteiger partial charge in [0.05, 0.1) is 13.2 Å². The first-order chi connectivity index (χ1) is 7.84. The quantitative estimate of drug-likeness (QED) is 0.757. The van der Waals surface area contributed by atoms with E-state index in [1.807, 2.05) is 12.1 Å². The molecule has 2 aliphatic heterocycles. The molecule has 1 aromatic carbocycles. The number of morpholine rings is 1. The van der Waals surface area contributed by atoms with Gasteiger partial charge in [-0.05, 0) is 17.7 Å². The van der Waals surface area contributed by atoms with Gasteiger partial charge in [-0.2, -0.15) is 0 Å². The van der Waals surface area contributed by atoms with Crippen LogP contribution in [0.3, 0.4) is 0 Å². The molecule has 1 saturated heterocycles. The van der Waals surface area contributed by atoms with Crippen LogP contribution >= 0.6 is 0 Å². The van der Waals surface area contributed by atoms with E-state index in [0.29, 0.717) is 6.54 Å². The number of nitrogens with zero attached hydrogens (tertiary/aromatic N) is 1. The van der Waals surface area contributed by atoms with Crippen LogP contribution in [0.5, 0.6) is 0 Å². The highest BCUT2D eigenvalue weighted by Crippen LogP contribution is 2.23. The average molecular weight is 218 g/mol. The highest BCUT2D eigenvalue weighted by atomic mass is 16.5. The summed E-state index contributed by atoms with van der Waals surface area (Å²) >= 11 is 0. The number of hydrogen-bond donors (Lipinski definition) is 1. The molecule has 0 aromatic heterocycles. The fourth-order valence-electron chi connectivity index (χ4n) is 2.22. The number of amides is 1. The van der Waals surface area contributed by atoms with Crippen LogP contribution in [0.15, 0.2) is 18.2 Å². The zero-order chi connectivity index (χ0) is 11.0. The molecule has 0 atom stereocenters. The van der Waals surface area contributed by atoms with Gasteiger partial charge in [-0.1, -0.05) is 6.07 Å². The minimum Gasteiger partial charge on any atom is -0.378 e. The zero-order valence-corrected chi connectivity index (χ0v) is 9.03. The SMILES string of the molecule is O=C1NCc2ccc(N3CCOCC3)cc21. The lowest BCUT2D eigenvalue weighted by Gasteiger charge is -2.29. The summed E-state index contributed by atoms with van der Waals surface area (Å²) in [6.07, 6.45) is 0. The summed E-state index contributed by atoms with van der Waals surface area (Å²) < 4.78 is 5.31. The van der Waals surface area contributed by atoms with Crippen molar-refractivity contribution in [3.63, 3.8) is 0 Å². The number of nitrogens with one attached hydrogen (secondary N) is 1. The fourth-order valence-corrected chi connectivity index (χ4v) is 2.22. The molecule has 1 aromatic rings. The Hall–Kier alpha value is -1.55. The van der Waals surface area contributed by atoms with E-state index in [-0.39, 0.29) is 5.91 Å². The maximum absolute atomic E-state index is 11.5. The van der Waals surface area contributed by atoms with Gasteiger partial charge >= 0.3 is 0 Å². The minimum absolute atomic E-state index is 0.0464. The first-order valence-electron chi connectivity index (χ1n) is 5.58. The van der Waals surface area contributed by atoms with Gasteiger partial charge in [0.25, 0.3) is 5.91 Å². The lowest BCUT2D eigenvalue weighted by Crippen LogP contribution is -2.36. The molecule has 1 amide bonds. The number of carbonyl (C=O) groups is 1. The summed E-state index contributed by atoms with van der Waals surface area (Å²) in [5.41, 5.74) is 3.05. The Morgan fingerprint density at radius 2 is 2.06 bits per heavy atom. The lowest BCUT2D eigenvalue weighted by molar-refractivity contribution is 0.0966. The molecular formula is C12H14N2O2. The average Bonchev–Trinajstić information content (AvgIpc) is 2.72. The van der Waals surface area contributed by atoms with Crippen molar-refractivity contribution < 1.29 is 9.53 Å². The molecule has 2 heterocycles. The Morgan fingerprint density at radius 3 is 2.88 bits per heavy atom. The van der Waals surface area contributed by atoms with Gasteiger partial charge in [0.1, 0.15) is 0 Å². The molecule has 84 valence electrons. The van der Waals surface area contributed by atoms with Crippen molar-refractivity contribution in [3.8, 4) is 0 Å². The summed E-state index contributed by atoms with van der Waals surface area (Å²) in [6.45, 7) is 4.00. The van der Waals surface area contributed by atoms with Crippen molar-refractivity contribution in [2.45, 2.75) is 6.54 Å². The summed E-state index contributed by atoms with van der Waals surface area (Å²) in [7, 11) is 0. The van der Waals surface area contributed by atoms with Crippen molar-refractivity contribution in [2.24, 2.45) is 0 Å². The molecule has 16 heavy (non-hydrogen) atoms. The maximum atomic E-state index is 11.5. The smallest absolute Gasteiger partial charge is 0.251 e. The Morgan fingerprint density at radius 1 is 1.25 bits per heavy atom. The fraction of sp³-hybridized carbons (Fsp3) is 0.417. The van der Waals surface area contributed by atoms with Gasteiger partial charge in [-0.25, -0.2) is 0 Å². The predicted molar refractivity (Wildman–Crippen MR) is 60.6 cm³/mol. The first-order valence-corrected chi connectivity index (χ1v) is 5.58. The number of benzene rings is 1. The Balaban J connectivity index is 1.91. The third kappa shape index (κ3) is 1.55. The Labute approximate surface area is 94.2 Å². The van der Waals surface area contributed by atoms with Crippen LogP contribution in [0.4, 0.5) is 5.69 Å². The van der Waals surface area contributed by atoms with Gasteiger partial charge in [0.2, 0.25) is 0 Å². The predicted octanol–water partition coefficient (Wildman–Crippen LogP) is 0.767. The molecule has 4 heteroatoms. The number of hydrogen-bond acceptors (Lipinski definition) is 3. The van der Waals surface area contributed by atoms with Crippen molar-refractivity contribution >= 4 is 11.6 Å². The molecule has 2 aliphatic rings. The lowest BCUT2D eigenvalue weighted by atomic mass is 10.1. The third-order valence-electron chi connectivity index (χ3n) is 3.15. The van der Waals surface area contributed by atoms with E-state index in [1.54, 1.807) is 0 Å². The van der Waals surface area contributed by atoms with Crippen LogP contribution in [0, 0.1) is 0 Å². The number of ether oxygens (including phenoxy) is 1. The van der Waals surface area contributed by atoms with E-state index >= 15 is 0 Å². The number of anilines is 1. The molecular weight excluding hydrogens is 204 g/mol. The maximum Gasteiger partial charge on any atom is 0.251 e. The molecule has 1 fully saturated rings. The van der Waals surface area contributed by atoms with Crippen molar-refractivity contribution in [2.75, 3.05) is 31.2 Å². The van der Waals surface area contributed by atoms with Crippen LogP contribution < -0.4 is 10.2 Å². The molecule has 1 N–H and O–H groups in total. The van der Waals surface area contributed by atoms with Crippen LogP contribution in [-0.4, -0.2) is 32.2 Å². The molecule has 0 unspecified atom stereocenters. The molecule has 0 saturated carbocycles. The topological polar surface area (TPSA) is 41.6 Å². The normalized spacial score (nSPS) is 19.5. The number of rotatable bonds is 1. The summed E-state index contributed by atoms with van der Waals surface area (Å²) in [4.78, 5) is 13.8. The van der Waals surface area contributed by atoms with Gasteiger partial charge in [-0.3, -0.25) is 4.79 Å². The summed E-state index contributed by atoms with van der Waals surface area (Å²) in [5.74, 6) is 0.0464. The van der Waals surface area contributed by atoms with Gasteiger partial charge in [-0.15, -0.1) is 0 Å².